The quantitative estimate of drug-likeness (QED) is 0.0719. The Bertz CT molecular complexity index is 472. The predicted octanol–water partition coefficient (Wildman–Crippen LogP) is 12.2. The molecule has 0 bridgehead atoms. The molecule has 0 saturated heterocycles. The number of unbranched alkanes of at least 4 members (excludes halogenated alkanes) is 21. The van der Waals surface area contributed by atoms with Gasteiger partial charge in [0, 0.05) is 0 Å². The Balaban J connectivity index is 2.03. The number of hydrogen-bond donors (Lipinski definition) is 0. The zero-order valence-corrected chi connectivity index (χ0v) is 24.9. The molecule has 0 spiro atoms. The molecule has 0 saturated carbocycles. The van der Waals surface area contributed by atoms with Crippen molar-refractivity contribution < 1.29 is 0 Å². The second-order valence-electron chi connectivity index (χ2n) is 11.7. The van der Waals surface area contributed by atoms with E-state index in [9.17, 15) is 0 Å². The summed E-state index contributed by atoms with van der Waals surface area (Å²) in [5.41, 5.74) is 0. The lowest BCUT2D eigenvalue weighted by atomic mass is 9.89. The van der Waals surface area contributed by atoms with Crippen LogP contribution in [0.5, 0.6) is 0 Å². The van der Waals surface area contributed by atoms with Crippen molar-refractivity contribution in [3.8, 4) is 0 Å². The van der Waals surface area contributed by atoms with Crippen molar-refractivity contribution >= 4 is 12.4 Å². The average molecular weight is 502 g/mol. The molecule has 1 rings (SSSR count). The SMILES string of the molecule is CCCCCCCCCCCCCCCC(CCCCCCCCCCCC)CCC[C+]1N=CC=N1. The molecule has 2 heteroatoms. The van der Waals surface area contributed by atoms with E-state index in [1.807, 2.05) is 12.4 Å². The first-order chi connectivity index (χ1) is 17.9. The third kappa shape index (κ3) is 22.4. The van der Waals surface area contributed by atoms with Gasteiger partial charge in [0.25, 0.3) is 0 Å². The van der Waals surface area contributed by atoms with Crippen LogP contribution in [0, 0.1) is 12.1 Å². The van der Waals surface area contributed by atoms with E-state index in [1.54, 1.807) is 0 Å². The smallest absolute Gasteiger partial charge is 0.0968 e. The molecule has 210 valence electrons. The van der Waals surface area contributed by atoms with E-state index in [0.29, 0.717) is 0 Å². The normalized spacial score (nSPS) is 13.8. The average Bonchev–Trinajstić information content (AvgIpc) is 3.41. The van der Waals surface area contributed by atoms with Crippen molar-refractivity contribution in [1.82, 2.24) is 0 Å². The second kappa shape index (κ2) is 27.3. The van der Waals surface area contributed by atoms with E-state index in [-0.39, 0.29) is 0 Å². The van der Waals surface area contributed by atoms with Crippen molar-refractivity contribution in [1.29, 1.82) is 0 Å². The van der Waals surface area contributed by atoms with E-state index in [1.165, 1.54) is 173 Å². The third-order valence-electron chi connectivity index (χ3n) is 8.21. The highest BCUT2D eigenvalue weighted by molar-refractivity contribution is 6.18. The minimum absolute atomic E-state index is 0.932. The minimum Gasteiger partial charge on any atom is -0.0968 e. The van der Waals surface area contributed by atoms with Gasteiger partial charge >= 0.3 is 0 Å². The fraction of sp³-hybridized carbons (Fsp3) is 0.912. The zero-order chi connectivity index (χ0) is 25.8. The predicted molar refractivity (Wildman–Crippen MR) is 164 cm³/mol. The molecule has 0 aromatic heterocycles. The second-order valence-corrected chi connectivity index (χ2v) is 11.7. The number of aliphatic imine (C=N–C) groups is 2. The van der Waals surface area contributed by atoms with Crippen LogP contribution in [0.4, 0.5) is 0 Å². The molecule has 1 aliphatic rings. The van der Waals surface area contributed by atoms with Gasteiger partial charge in [-0.15, -0.1) is 0 Å². The van der Waals surface area contributed by atoms with Crippen LogP contribution in [0.2, 0.25) is 0 Å². The van der Waals surface area contributed by atoms with Gasteiger partial charge < -0.3 is 0 Å². The standard InChI is InChI=1S/C34H65N2/c1-3-5-7-9-11-13-15-16-17-19-21-23-25-28-33(29-26-30-34-35-31-32-36-34)27-24-22-20-18-14-12-10-8-6-4-2/h31-33H,3-30H2,1-2H3/q+1. The summed E-state index contributed by atoms with van der Waals surface area (Å²) in [6.07, 6.45) is 44.7. The molecule has 0 N–H and O–H groups in total. The molecule has 0 amide bonds. The first kappa shape index (κ1) is 33.2. The van der Waals surface area contributed by atoms with Crippen LogP contribution >= 0.6 is 0 Å². The molecule has 0 aliphatic carbocycles. The van der Waals surface area contributed by atoms with Gasteiger partial charge in [-0.25, -0.2) is 0 Å². The molecule has 1 atom stereocenters. The van der Waals surface area contributed by atoms with Crippen LogP contribution < -0.4 is 0 Å². The maximum absolute atomic E-state index is 4.37. The fourth-order valence-electron chi connectivity index (χ4n) is 5.75. The molecule has 1 unspecified atom stereocenters. The van der Waals surface area contributed by atoms with Gasteiger partial charge in [-0.05, 0) is 18.8 Å². The molecule has 1 heterocycles. The van der Waals surface area contributed by atoms with Gasteiger partial charge in [-0.2, -0.15) is 0 Å². The molecule has 0 aromatic carbocycles. The number of hydrogen-bond acceptors (Lipinski definition) is 2. The Morgan fingerprint density at radius 1 is 0.417 bits per heavy atom. The highest BCUT2D eigenvalue weighted by Crippen LogP contribution is 2.26. The van der Waals surface area contributed by atoms with Crippen LogP contribution in [-0.4, -0.2) is 12.4 Å². The van der Waals surface area contributed by atoms with Crippen LogP contribution in [0.3, 0.4) is 0 Å². The first-order valence-corrected chi connectivity index (χ1v) is 16.8. The summed E-state index contributed by atoms with van der Waals surface area (Å²) in [6, 6.07) is 0. The molecular weight excluding hydrogens is 436 g/mol. The summed E-state index contributed by atoms with van der Waals surface area (Å²) in [6.45, 7) is 4.61. The van der Waals surface area contributed by atoms with E-state index < -0.39 is 0 Å². The Morgan fingerprint density at radius 2 is 0.722 bits per heavy atom. The van der Waals surface area contributed by atoms with Crippen molar-refractivity contribution in [2.24, 2.45) is 15.9 Å². The van der Waals surface area contributed by atoms with Gasteiger partial charge in [-0.1, -0.05) is 184 Å². The van der Waals surface area contributed by atoms with E-state index in [4.69, 9.17) is 0 Å². The lowest BCUT2D eigenvalue weighted by Gasteiger charge is -2.17. The van der Waals surface area contributed by atoms with Crippen LogP contribution in [0.1, 0.15) is 194 Å². The molecule has 36 heavy (non-hydrogen) atoms. The van der Waals surface area contributed by atoms with E-state index >= 15 is 0 Å². The summed E-state index contributed by atoms with van der Waals surface area (Å²) >= 11 is 0. The van der Waals surface area contributed by atoms with Crippen molar-refractivity contribution in [2.45, 2.75) is 194 Å². The van der Waals surface area contributed by atoms with E-state index in [0.717, 1.165) is 18.5 Å². The van der Waals surface area contributed by atoms with Crippen LogP contribution in [0.25, 0.3) is 0 Å². The van der Waals surface area contributed by atoms with Gasteiger partial charge in [0.1, 0.15) is 0 Å². The molecule has 1 aliphatic heterocycles. The summed E-state index contributed by atoms with van der Waals surface area (Å²) < 4.78 is 0. The number of nitrogens with zero attached hydrogens (tertiary/aromatic N) is 2. The Kier molecular flexibility index (Phi) is 25.2. The van der Waals surface area contributed by atoms with Crippen molar-refractivity contribution in [3.63, 3.8) is 0 Å². The third-order valence-corrected chi connectivity index (χ3v) is 8.21. The first-order valence-electron chi connectivity index (χ1n) is 16.8. The summed E-state index contributed by atoms with van der Waals surface area (Å²) in [5, 5.41) is 0. The van der Waals surface area contributed by atoms with Gasteiger partial charge in [0.05, 0.1) is 6.42 Å². The van der Waals surface area contributed by atoms with Gasteiger partial charge in [-0.3, -0.25) is 0 Å². The van der Waals surface area contributed by atoms with Crippen LogP contribution in [0.15, 0.2) is 9.98 Å². The topological polar surface area (TPSA) is 24.7 Å². The minimum atomic E-state index is 0.932. The lowest BCUT2D eigenvalue weighted by molar-refractivity contribution is 0.369. The summed E-state index contributed by atoms with van der Waals surface area (Å²) in [4.78, 5) is 8.74. The monoisotopic (exact) mass is 502 g/mol. The van der Waals surface area contributed by atoms with Crippen molar-refractivity contribution in [2.75, 3.05) is 0 Å². The fourth-order valence-corrected chi connectivity index (χ4v) is 5.75. The molecule has 0 aromatic rings. The zero-order valence-electron chi connectivity index (χ0n) is 24.9. The molecule has 2 nitrogen and oxygen atoms in total. The Labute approximate surface area is 228 Å². The Hall–Kier alpha value is -0.790. The molecule has 0 fully saturated rings. The van der Waals surface area contributed by atoms with Gasteiger partial charge in [0.15, 0.2) is 12.4 Å². The largest absolute Gasteiger partial charge is 0.240 e. The number of rotatable bonds is 29. The van der Waals surface area contributed by atoms with Crippen molar-refractivity contribution in [3.05, 3.63) is 6.17 Å². The van der Waals surface area contributed by atoms with E-state index in [2.05, 4.69) is 23.8 Å². The maximum atomic E-state index is 4.37. The summed E-state index contributed by atoms with van der Waals surface area (Å²) in [5.74, 6) is 0.932. The lowest BCUT2D eigenvalue weighted by Crippen LogP contribution is -2.02. The highest BCUT2D eigenvalue weighted by atomic mass is 15.0. The molecule has 0 radical (unpaired) electrons. The Morgan fingerprint density at radius 3 is 1.08 bits per heavy atom. The maximum Gasteiger partial charge on any atom is 0.240 e. The molecular formula is C34H65N2+. The van der Waals surface area contributed by atoms with Gasteiger partial charge in [0.2, 0.25) is 6.17 Å². The van der Waals surface area contributed by atoms with Crippen LogP contribution in [-0.2, 0) is 0 Å². The summed E-state index contributed by atoms with van der Waals surface area (Å²) in [7, 11) is 0. The highest BCUT2D eigenvalue weighted by Gasteiger charge is 2.17.